The van der Waals surface area contributed by atoms with E-state index < -0.39 is 0 Å². The molecule has 2 heteroatoms. The Hall–Kier alpha value is -2.74. The SMILES string of the molecule is Cc1cc(N)ccc1N(c1ccccc1)c1ccccc1. The molecule has 104 valence electrons. The van der Waals surface area contributed by atoms with Gasteiger partial charge >= 0.3 is 0 Å². The average molecular weight is 274 g/mol. The Labute approximate surface area is 125 Å². The highest BCUT2D eigenvalue weighted by molar-refractivity contribution is 5.79. The number of nitrogen functional groups attached to an aromatic ring is 1. The van der Waals surface area contributed by atoms with Gasteiger partial charge in [-0.15, -0.1) is 0 Å². The highest BCUT2D eigenvalue weighted by atomic mass is 15.1. The molecule has 3 aromatic rings. The molecule has 3 aromatic carbocycles. The summed E-state index contributed by atoms with van der Waals surface area (Å²) in [4.78, 5) is 2.24. The molecular formula is C19H18N2. The van der Waals surface area contributed by atoms with Gasteiger partial charge in [-0.3, -0.25) is 0 Å². The van der Waals surface area contributed by atoms with Crippen LogP contribution in [0.15, 0.2) is 78.9 Å². The molecule has 0 fully saturated rings. The molecule has 21 heavy (non-hydrogen) atoms. The normalized spacial score (nSPS) is 10.3. The van der Waals surface area contributed by atoms with Crippen LogP contribution in [0, 0.1) is 6.92 Å². The van der Waals surface area contributed by atoms with Gasteiger partial charge in [0, 0.05) is 22.7 Å². The minimum absolute atomic E-state index is 0.789. The molecule has 0 aromatic heterocycles. The van der Waals surface area contributed by atoms with Crippen LogP contribution in [0.5, 0.6) is 0 Å². The second-order valence-electron chi connectivity index (χ2n) is 5.05. The first-order valence-electron chi connectivity index (χ1n) is 7.02. The number of aryl methyl sites for hydroxylation is 1. The van der Waals surface area contributed by atoms with E-state index in [1.54, 1.807) is 0 Å². The Balaban J connectivity index is 2.17. The first-order valence-corrected chi connectivity index (χ1v) is 7.02. The number of rotatable bonds is 3. The van der Waals surface area contributed by atoms with E-state index in [0.717, 1.165) is 28.3 Å². The van der Waals surface area contributed by atoms with E-state index in [4.69, 9.17) is 5.73 Å². The van der Waals surface area contributed by atoms with E-state index in [1.807, 2.05) is 24.3 Å². The fourth-order valence-corrected chi connectivity index (χ4v) is 2.51. The molecule has 0 aliphatic rings. The summed E-state index contributed by atoms with van der Waals surface area (Å²) in [7, 11) is 0. The van der Waals surface area contributed by atoms with Crippen LogP contribution in [0.3, 0.4) is 0 Å². The van der Waals surface area contributed by atoms with Crippen molar-refractivity contribution in [1.29, 1.82) is 0 Å². The largest absolute Gasteiger partial charge is 0.399 e. The number of para-hydroxylation sites is 2. The summed E-state index contributed by atoms with van der Waals surface area (Å²) < 4.78 is 0. The first kappa shape index (κ1) is 13.3. The van der Waals surface area contributed by atoms with E-state index in [2.05, 4.69) is 66.4 Å². The molecule has 0 amide bonds. The van der Waals surface area contributed by atoms with Crippen LogP contribution in [0.2, 0.25) is 0 Å². The third kappa shape index (κ3) is 2.75. The zero-order valence-electron chi connectivity index (χ0n) is 12.0. The van der Waals surface area contributed by atoms with E-state index in [1.165, 1.54) is 0 Å². The predicted octanol–water partition coefficient (Wildman–Crippen LogP) is 5.05. The molecule has 0 saturated heterocycles. The number of benzene rings is 3. The second-order valence-corrected chi connectivity index (χ2v) is 5.05. The molecule has 2 N–H and O–H groups in total. The van der Waals surface area contributed by atoms with Gasteiger partial charge in [-0.2, -0.15) is 0 Å². The Morgan fingerprint density at radius 1 is 0.714 bits per heavy atom. The molecular weight excluding hydrogens is 256 g/mol. The van der Waals surface area contributed by atoms with Crippen molar-refractivity contribution in [3.8, 4) is 0 Å². The van der Waals surface area contributed by atoms with Gasteiger partial charge < -0.3 is 10.6 Å². The van der Waals surface area contributed by atoms with E-state index in [-0.39, 0.29) is 0 Å². The Bertz CT molecular complexity index is 682. The molecule has 0 saturated carbocycles. The van der Waals surface area contributed by atoms with Gasteiger partial charge in [0.25, 0.3) is 0 Å². The van der Waals surface area contributed by atoms with Gasteiger partial charge in [0.05, 0.1) is 0 Å². The molecule has 0 unspecified atom stereocenters. The lowest BCUT2D eigenvalue weighted by Crippen LogP contribution is -2.11. The van der Waals surface area contributed by atoms with Crippen LogP contribution < -0.4 is 10.6 Å². The van der Waals surface area contributed by atoms with Gasteiger partial charge in [0.2, 0.25) is 0 Å². The minimum atomic E-state index is 0.789. The van der Waals surface area contributed by atoms with Crippen molar-refractivity contribution in [2.45, 2.75) is 6.92 Å². The van der Waals surface area contributed by atoms with E-state index >= 15 is 0 Å². The van der Waals surface area contributed by atoms with Crippen molar-refractivity contribution in [3.63, 3.8) is 0 Å². The standard InChI is InChI=1S/C19H18N2/c1-15-14-16(20)12-13-19(15)21(17-8-4-2-5-9-17)18-10-6-3-7-11-18/h2-14H,20H2,1H3. The summed E-state index contributed by atoms with van der Waals surface area (Å²) in [6, 6.07) is 26.8. The van der Waals surface area contributed by atoms with Crippen LogP contribution in [0.25, 0.3) is 0 Å². The van der Waals surface area contributed by atoms with Gasteiger partial charge in [-0.1, -0.05) is 36.4 Å². The number of anilines is 4. The monoisotopic (exact) mass is 274 g/mol. The number of nitrogens with zero attached hydrogens (tertiary/aromatic N) is 1. The van der Waals surface area contributed by atoms with Crippen molar-refractivity contribution >= 4 is 22.7 Å². The topological polar surface area (TPSA) is 29.3 Å². The minimum Gasteiger partial charge on any atom is -0.399 e. The molecule has 0 bridgehead atoms. The second kappa shape index (κ2) is 5.71. The Morgan fingerprint density at radius 2 is 1.24 bits per heavy atom. The van der Waals surface area contributed by atoms with Crippen LogP contribution in [-0.2, 0) is 0 Å². The summed E-state index contributed by atoms with van der Waals surface area (Å²) >= 11 is 0. The highest BCUT2D eigenvalue weighted by Gasteiger charge is 2.13. The maximum atomic E-state index is 5.89. The zero-order chi connectivity index (χ0) is 14.7. The maximum absolute atomic E-state index is 5.89. The van der Waals surface area contributed by atoms with E-state index in [9.17, 15) is 0 Å². The quantitative estimate of drug-likeness (QED) is 0.677. The zero-order valence-corrected chi connectivity index (χ0v) is 12.0. The van der Waals surface area contributed by atoms with Crippen molar-refractivity contribution in [3.05, 3.63) is 84.4 Å². The van der Waals surface area contributed by atoms with Gasteiger partial charge in [-0.05, 0) is 55.0 Å². The molecule has 0 aliphatic heterocycles. The van der Waals surface area contributed by atoms with Crippen molar-refractivity contribution < 1.29 is 0 Å². The molecule has 0 atom stereocenters. The summed E-state index contributed by atoms with van der Waals surface area (Å²) in [6.45, 7) is 2.09. The summed E-state index contributed by atoms with van der Waals surface area (Å²) in [5.74, 6) is 0. The fraction of sp³-hybridized carbons (Fsp3) is 0.0526. The lowest BCUT2D eigenvalue weighted by Gasteiger charge is -2.27. The van der Waals surface area contributed by atoms with Crippen molar-refractivity contribution in [2.24, 2.45) is 0 Å². The molecule has 0 radical (unpaired) electrons. The summed E-state index contributed by atoms with van der Waals surface area (Å²) in [6.07, 6.45) is 0. The lowest BCUT2D eigenvalue weighted by atomic mass is 10.1. The van der Waals surface area contributed by atoms with Crippen LogP contribution in [-0.4, -0.2) is 0 Å². The smallest absolute Gasteiger partial charge is 0.0492 e. The third-order valence-corrected chi connectivity index (χ3v) is 3.49. The van der Waals surface area contributed by atoms with Crippen LogP contribution >= 0.6 is 0 Å². The molecule has 3 rings (SSSR count). The number of hydrogen-bond donors (Lipinski definition) is 1. The molecule has 0 aliphatic carbocycles. The Morgan fingerprint density at radius 3 is 1.71 bits per heavy atom. The van der Waals surface area contributed by atoms with Crippen molar-refractivity contribution in [2.75, 3.05) is 10.6 Å². The summed E-state index contributed by atoms with van der Waals surface area (Å²) in [5.41, 5.74) is 11.2. The average Bonchev–Trinajstić information content (AvgIpc) is 2.52. The van der Waals surface area contributed by atoms with Crippen LogP contribution in [0.1, 0.15) is 5.56 Å². The maximum Gasteiger partial charge on any atom is 0.0492 e. The van der Waals surface area contributed by atoms with Gasteiger partial charge in [0.15, 0.2) is 0 Å². The molecule has 2 nitrogen and oxygen atoms in total. The summed E-state index contributed by atoms with van der Waals surface area (Å²) in [5, 5.41) is 0. The van der Waals surface area contributed by atoms with Crippen LogP contribution in [0.4, 0.5) is 22.7 Å². The number of hydrogen-bond acceptors (Lipinski definition) is 2. The van der Waals surface area contributed by atoms with E-state index in [0.29, 0.717) is 0 Å². The predicted molar refractivity (Wildman–Crippen MR) is 90.3 cm³/mol. The fourth-order valence-electron chi connectivity index (χ4n) is 2.51. The Kier molecular flexibility index (Phi) is 3.61. The van der Waals surface area contributed by atoms with Gasteiger partial charge in [0.1, 0.15) is 0 Å². The number of nitrogens with two attached hydrogens (primary N) is 1. The molecule has 0 spiro atoms. The van der Waals surface area contributed by atoms with Crippen molar-refractivity contribution in [1.82, 2.24) is 0 Å². The first-order chi connectivity index (χ1) is 10.3. The van der Waals surface area contributed by atoms with Gasteiger partial charge in [-0.25, -0.2) is 0 Å². The molecule has 0 heterocycles. The highest BCUT2D eigenvalue weighted by Crippen LogP contribution is 2.36. The lowest BCUT2D eigenvalue weighted by molar-refractivity contribution is 1.25. The third-order valence-electron chi connectivity index (χ3n) is 3.49.